The number of hydrogen-bond donors (Lipinski definition) is 2. The van der Waals surface area contributed by atoms with Gasteiger partial charge < -0.3 is 10.3 Å². The second-order valence-corrected chi connectivity index (χ2v) is 7.52. The summed E-state index contributed by atoms with van der Waals surface area (Å²) in [4.78, 5) is 16.1. The van der Waals surface area contributed by atoms with Crippen molar-refractivity contribution in [1.82, 2.24) is 10.3 Å². The number of allylic oxidation sites excluding steroid dienone is 1. The average molecular weight is 343 g/mol. The van der Waals surface area contributed by atoms with E-state index in [2.05, 4.69) is 16.4 Å². The Bertz CT molecular complexity index is 801. The molecule has 2 N–H and O–H groups in total. The second kappa shape index (κ2) is 6.29. The van der Waals surface area contributed by atoms with Gasteiger partial charge >= 0.3 is 0 Å². The number of halogens is 1. The maximum atomic E-state index is 12.8. The largest absolute Gasteiger partial charge is 0.361 e. The van der Waals surface area contributed by atoms with Crippen molar-refractivity contribution in [1.29, 1.82) is 0 Å². The Balaban J connectivity index is 1.47. The lowest BCUT2D eigenvalue weighted by Gasteiger charge is -2.17. The first-order valence-corrected chi connectivity index (χ1v) is 9.30. The van der Waals surface area contributed by atoms with Crippen LogP contribution in [0.1, 0.15) is 50.5 Å². The van der Waals surface area contributed by atoms with Crippen molar-refractivity contribution in [2.75, 3.05) is 6.54 Å². The molecule has 126 valence electrons. The summed E-state index contributed by atoms with van der Waals surface area (Å²) in [5.74, 6) is 0.166. The lowest BCUT2D eigenvalue weighted by Crippen LogP contribution is -2.35. The standard InChI is InChI=1S/C20H23ClN2O/c21-15-6-7-18-16(12-15)17(13-23-18)20(9-10-20)19(24)22-11-8-14-4-2-1-3-5-14/h4,6-7,12-13,23H,1-3,5,8-11H2,(H,22,24). The fourth-order valence-corrected chi connectivity index (χ4v) is 4.04. The summed E-state index contributed by atoms with van der Waals surface area (Å²) in [6.07, 6.45) is 12.2. The predicted molar refractivity (Wildman–Crippen MR) is 98.4 cm³/mol. The van der Waals surface area contributed by atoms with Gasteiger partial charge in [-0.2, -0.15) is 0 Å². The molecule has 2 aromatic rings. The summed E-state index contributed by atoms with van der Waals surface area (Å²) in [6.45, 7) is 0.746. The summed E-state index contributed by atoms with van der Waals surface area (Å²) in [7, 11) is 0. The van der Waals surface area contributed by atoms with Crippen molar-refractivity contribution in [2.24, 2.45) is 0 Å². The molecule has 2 aliphatic rings. The molecule has 1 heterocycles. The number of carbonyl (C=O) groups excluding carboxylic acids is 1. The fourth-order valence-electron chi connectivity index (χ4n) is 3.87. The van der Waals surface area contributed by atoms with Crippen LogP contribution in [0.5, 0.6) is 0 Å². The molecule has 0 aliphatic heterocycles. The highest BCUT2D eigenvalue weighted by atomic mass is 35.5. The van der Waals surface area contributed by atoms with Gasteiger partial charge in [0.25, 0.3) is 0 Å². The van der Waals surface area contributed by atoms with Crippen LogP contribution in [0.15, 0.2) is 36.0 Å². The summed E-state index contributed by atoms with van der Waals surface area (Å²) in [5.41, 5.74) is 3.28. The molecule has 0 bridgehead atoms. The van der Waals surface area contributed by atoms with Gasteiger partial charge in [0.15, 0.2) is 0 Å². The van der Waals surface area contributed by atoms with Crippen molar-refractivity contribution >= 4 is 28.4 Å². The molecule has 0 radical (unpaired) electrons. The minimum absolute atomic E-state index is 0.166. The molecule has 1 fully saturated rings. The van der Waals surface area contributed by atoms with Crippen LogP contribution in [0, 0.1) is 0 Å². The van der Waals surface area contributed by atoms with Crippen LogP contribution in [0.4, 0.5) is 0 Å². The minimum Gasteiger partial charge on any atom is -0.361 e. The molecule has 1 aromatic heterocycles. The Morgan fingerprint density at radius 3 is 2.92 bits per heavy atom. The smallest absolute Gasteiger partial charge is 0.230 e. The van der Waals surface area contributed by atoms with Crippen molar-refractivity contribution in [3.05, 3.63) is 46.6 Å². The number of carbonyl (C=O) groups is 1. The van der Waals surface area contributed by atoms with Crippen LogP contribution in [0.2, 0.25) is 5.02 Å². The molecule has 4 heteroatoms. The number of nitrogens with one attached hydrogen (secondary N) is 2. The fraction of sp³-hybridized carbons (Fsp3) is 0.450. The second-order valence-electron chi connectivity index (χ2n) is 7.09. The van der Waals surface area contributed by atoms with Gasteiger partial charge in [-0.05, 0) is 68.7 Å². The van der Waals surface area contributed by atoms with Gasteiger partial charge in [0.05, 0.1) is 5.41 Å². The predicted octanol–water partition coefficient (Wildman–Crippen LogP) is 4.86. The molecule has 0 unspecified atom stereocenters. The van der Waals surface area contributed by atoms with Crippen LogP contribution in [0.25, 0.3) is 10.9 Å². The zero-order valence-electron chi connectivity index (χ0n) is 13.8. The molecule has 1 saturated carbocycles. The van der Waals surface area contributed by atoms with Gasteiger partial charge in [0, 0.05) is 28.7 Å². The number of fused-ring (bicyclic) bond motifs is 1. The highest BCUT2D eigenvalue weighted by Gasteiger charge is 2.52. The van der Waals surface area contributed by atoms with Crippen LogP contribution in [-0.2, 0) is 10.2 Å². The lowest BCUT2D eigenvalue weighted by molar-refractivity contribution is -0.123. The molecule has 3 nitrogen and oxygen atoms in total. The van der Waals surface area contributed by atoms with E-state index in [0.29, 0.717) is 5.02 Å². The molecule has 1 aromatic carbocycles. The van der Waals surface area contributed by atoms with Gasteiger partial charge in [-0.15, -0.1) is 0 Å². The maximum Gasteiger partial charge on any atom is 0.230 e. The van der Waals surface area contributed by atoms with Gasteiger partial charge in [-0.25, -0.2) is 0 Å². The number of aromatic nitrogens is 1. The molecule has 0 spiro atoms. The monoisotopic (exact) mass is 342 g/mol. The third-order valence-corrected chi connectivity index (χ3v) is 5.70. The normalized spacial score (nSPS) is 19.1. The molecule has 0 atom stereocenters. The first-order chi connectivity index (χ1) is 11.7. The van der Waals surface area contributed by atoms with Crippen molar-refractivity contribution in [3.63, 3.8) is 0 Å². The summed E-state index contributed by atoms with van der Waals surface area (Å²) in [6, 6.07) is 5.81. The molecular formula is C20H23ClN2O. The Morgan fingerprint density at radius 2 is 2.17 bits per heavy atom. The van der Waals surface area contributed by atoms with E-state index in [-0.39, 0.29) is 11.3 Å². The van der Waals surface area contributed by atoms with E-state index in [1.165, 1.54) is 31.3 Å². The molecular weight excluding hydrogens is 320 g/mol. The van der Waals surface area contributed by atoms with Crippen molar-refractivity contribution in [3.8, 4) is 0 Å². The number of H-pyrrole nitrogens is 1. The van der Waals surface area contributed by atoms with E-state index >= 15 is 0 Å². The van der Waals surface area contributed by atoms with Crippen LogP contribution < -0.4 is 5.32 Å². The quantitative estimate of drug-likeness (QED) is 0.749. The third-order valence-electron chi connectivity index (χ3n) is 5.46. The summed E-state index contributed by atoms with van der Waals surface area (Å²) in [5, 5.41) is 4.96. The maximum absolute atomic E-state index is 12.8. The Labute approximate surface area is 147 Å². The zero-order valence-corrected chi connectivity index (χ0v) is 14.6. The molecule has 4 rings (SSSR count). The van der Waals surface area contributed by atoms with Crippen molar-refractivity contribution in [2.45, 2.75) is 50.4 Å². The number of benzene rings is 1. The van der Waals surface area contributed by atoms with E-state index < -0.39 is 0 Å². The third kappa shape index (κ3) is 2.86. The highest BCUT2D eigenvalue weighted by molar-refractivity contribution is 6.31. The van der Waals surface area contributed by atoms with Crippen LogP contribution >= 0.6 is 11.6 Å². The Morgan fingerprint density at radius 1 is 1.29 bits per heavy atom. The number of aromatic amines is 1. The lowest BCUT2D eigenvalue weighted by atomic mass is 9.94. The first-order valence-electron chi connectivity index (χ1n) is 8.92. The van der Waals surface area contributed by atoms with Gasteiger partial charge in [0.2, 0.25) is 5.91 Å². The Kier molecular flexibility index (Phi) is 4.13. The first kappa shape index (κ1) is 15.8. The van der Waals surface area contributed by atoms with E-state index in [1.807, 2.05) is 24.4 Å². The summed E-state index contributed by atoms with van der Waals surface area (Å²) >= 11 is 6.15. The Hall–Kier alpha value is -1.74. The molecule has 1 amide bonds. The SMILES string of the molecule is O=C(NCCC1=CCCCC1)C1(c2c[nH]c3ccc(Cl)cc23)CC1. The molecule has 24 heavy (non-hydrogen) atoms. The van der Waals surface area contributed by atoms with Gasteiger partial charge in [-0.3, -0.25) is 4.79 Å². The van der Waals surface area contributed by atoms with Crippen LogP contribution in [0.3, 0.4) is 0 Å². The van der Waals surface area contributed by atoms with E-state index in [9.17, 15) is 4.79 Å². The number of rotatable bonds is 5. The number of hydrogen-bond acceptors (Lipinski definition) is 1. The molecule has 0 saturated heterocycles. The van der Waals surface area contributed by atoms with Crippen molar-refractivity contribution < 1.29 is 4.79 Å². The minimum atomic E-state index is -0.357. The topological polar surface area (TPSA) is 44.9 Å². The summed E-state index contributed by atoms with van der Waals surface area (Å²) < 4.78 is 0. The van der Waals surface area contributed by atoms with E-state index in [0.717, 1.165) is 42.3 Å². The average Bonchev–Trinajstić information content (AvgIpc) is 3.30. The van der Waals surface area contributed by atoms with Gasteiger partial charge in [-0.1, -0.05) is 23.3 Å². The van der Waals surface area contributed by atoms with Gasteiger partial charge in [0.1, 0.15) is 0 Å². The van der Waals surface area contributed by atoms with E-state index in [4.69, 9.17) is 11.6 Å². The number of amides is 1. The van der Waals surface area contributed by atoms with E-state index in [1.54, 1.807) is 0 Å². The van der Waals surface area contributed by atoms with Crippen LogP contribution in [-0.4, -0.2) is 17.4 Å². The highest BCUT2D eigenvalue weighted by Crippen LogP contribution is 2.50. The zero-order chi connectivity index (χ0) is 16.6. The molecule has 2 aliphatic carbocycles.